The van der Waals surface area contributed by atoms with Crippen LogP contribution in [0.5, 0.6) is 0 Å². The third kappa shape index (κ3) is 3.92. The lowest BCUT2D eigenvalue weighted by Gasteiger charge is -2.14. The first-order chi connectivity index (χ1) is 5.70. The van der Waals surface area contributed by atoms with Crippen LogP contribution in [0.1, 0.15) is 13.3 Å². The van der Waals surface area contributed by atoms with Gasteiger partial charge in [0.2, 0.25) is 0 Å². The van der Waals surface area contributed by atoms with Crippen molar-refractivity contribution in [3.8, 4) is 0 Å². The molecule has 1 atom stereocenters. The largest absolute Gasteiger partial charge is 0.511 e. The smallest absolute Gasteiger partial charge is 0.396 e. The number of aliphatic hydroxyl groups is 1. The van der Waals surface area contributed by atoms with Crippen LogP contribution in [0.2, 0.25) is 0 Å². The third-order valence-corrected chi connectivity index (χ3v) is 2.55. The minimum atomic E-state index is -5.29. The van der Waals surface area contributed by atoms with Crippen molar-refractivity contribution in [1.82, 2.24) is 4.72 Å². The molecule has 0 aromatic rings. The number of aliphatic hydroxyl groups excluding tert-OH is 1. The molecule has 0 heterocycles. The minimum Gasteiger partial charge on any atom is -0.396 e. The number of sulfonamides is 1. The second-order valence-corrected chi connectivity index (χ2v) is 4.19. The molecule has 0 fully saturated rings. The van der Waals surface area contributed by atoms with Gasteiger partial charge in [-0.1, -0.05) is 0 Å². The van der Waals surface area contributed by atoms with Crippen molar-refractivity contribution >= 4 is 10.0 Å². The molecule has 80 valence electrons. The van der Waals surface area contributed by atoms with Gasteiger partial charge in [-0.2, -0.15) is 13.2 Å². The fourth-order valence-electron chi connectivity index (χ4n) is 0.584. The molecule has 0 amide bonds. The van der Waals surface area contributed by atoms with Gasteiger partial charge in [0, 0.05) is 12.6 Å². The molecule has 0 aliphatic carbocycles. The first kappa shape index (κ1) is 12.7. The predicted octanol–water partition coefficient (Wildman–Crippen LogP) is 0.197. The van der Waals surface area contributed by atoms with Gasteiger partial charge in [-0.15, -0.1) is 0 Å². The quantitative estimate of drug-likeness (QED) is 0.712. The van der Waals surface area contributed by atoms with Crippen molar-refractivity contribution in [2.75, 3.05) is 6.61 Å². The molecule has 4 nitrogen and oxygen atoms in total. The molecule has 0 saturated heterocycles. The molecular weight excluding hydrogens is 211 g/mol. The Bertz CT molecular complexity index is 248. The van der Waals surface area contributed by atoms with Crippen molar-refractivity contribution < 1.29 is 26.7 Å². The van der Waals surface area contributed by atoms with E-state index in [0.717, 1.165) is 0 Å². The van der Waals surface area contributed by atoms with E-state index in [2.05, 4.69) is 0 Å². The van der Waals surface area contributed by atoms with E-state index in [0.29, 0.717) is 0 Å². The topological polar surface area (TPSA) is 66.4 Å². The summed E-state index contributed by atoms with van der Waals surface area (Å²) < 4.78 is 57.4. The number of hydrogen-bond donors (Lipinski definition) is 2. The number of rotatable bonds is 4. The maximum Gasteiger partial charge on any atom is 0.511 e. The highest BCUT2D eigenvalue weighted by molar-refractivity contribution is 7.90. The Kier molecular flexibility index (Phi) is 4.14. The van der Waals surface area contributed by atoms with Crippen LogP contribution in [-0.2, 0) is 10.0 Å². The average Bonchev–Trinajstić information content (AvgIpc) is 1.83. The molecule has 0 rings (SSSR count). The first-order valence-electron chi connectivity index (χ1n) is 3.40. The summed E-state index contributed by atoms with van der Waals surface area (Å²) in [6, 6.07) is -0.934. The van der Waals surface area contributed by atoms with Crippen LogP contribution in [0.3, 0.4) is 0 Å². The summed E-state index contributed by atoms with van der Waals surface area (Å²) >= 11 is 0. The van der Waals surface area contributed by atoms with Crippen LogP contribution in [0.4, 0.5) is 13.2 Å². The van der Waals surface area contributed by atoms with Gasteiger partial charge in [0.25, 0.3) is 0 Å². The Morgan fingerprint density at radius 2 is 1.92 bits per heavy atom. The standard InChI is InChI=1S/C5H10F3NO3S/c1-4(2-3-10)9-13(11,12)5(6,7)8/h4,9-10H,2-3H2,1H3. The molecule has 0 aliphatic heterocycles. The lowest BCUT2D eigenvalue weighted by Crippen LogP contribution is -2.41. The zero-order valence-electron chi connectivity index (χ0n) is 6.80. The van der Waals surface area contributed by atoms with Gasteiger partial charge < -0.3 is 5.11 Å². The molecule has 0 saturated carbocycles. The fourth-order valence-corrected chi connectivity index (χ4v) is 1.37. The van der Waals surface area contributed by atoms with Gasteiger partial charge >= 0.3 is 15.5 Å². The van der Waals surface area contributed by atoms with E-state index in [-0.39, 0.29) is 13.0 Å². The van der Waals surface area contributed by atoms with Crippen molar-refractivity contribution in [2.24, 2.45) is 0 Å². The van der Waals surface area contributed by atoms with Gasteiger partial charge in [0.15, 0.2) is 0 Å². The molecular formula is C5H10F3NO3S. The molecule has 13 heavy (non-hydrogen) atoms. The number of hydrogen-bond acceptors (Lipinski definition) is 3. The number of alkyl halides is 3. The summed E-state index contributed by atoms with van der Waals surface area (Å²) in [5.74, 6) is 0. The van der Waals surface area contributed by atoms with Crippen LogP contribution in [0.15, 0.2) is 0 Å². The second-order valence-electron chi connectivity index (χ2n) is 2.48. The molecule has 0 aromatic carbocycles. The molecule has 0 aromatic heterocycles. The lowest BCUT2D eigenvalue weighted by atomic mass is 10.3. The second kappa shape index (κ2) is 4.25. The molecule has 0 bridgehead atoms. The van der Waals surface area contributed by atoms with Gasteiger partial charge in [-0.05, 0) is 13.3 Å². The van der Waals surface area contributed by atoms with Gasteiger partial charge in [-0.25, -0.2) is 13.1 Å². The highest BCUT2D eigenvalue weighted by atomic mass is 32.2. The lowest BCUT2D eigenvalue weighted by molar-refractivity contribution is -0.0451. The van der Waals surface area contributed by atoms with Crippen LogP contribution in [-0.4, -0.2) is 31.7 Å². The molecule has 0 aliphatic rings. The van der Waals surface area contributed by atoms with Crippen molar-refractivity contribution in [3.05, 3.63) is 0 Å². The van der Waals surface area contributed by atoms with Gasteiger partial charge in [0.05, 0.1) is 0 Å². The van der Waals surface area contributed by atoms with E-state index in [1.54, 1.807) is 0 Å². The van der Waals surface area contributed by atoms with Gasteiger partial charge in [-0.3, -0.25) is 0 Å². The van der Waals surface area contributed by atoms with E-state index < -0.39 is 21.6 Å². The Labute approximate surface area is 73.8 Å². The normalized spacial score (nSPS) is 15.8. The predicted molar refractivity (Wildman–Crippen MR) is 39.3 cm³/mol. The number of halogens is 3. The first-order valence-corrected chi connectivity index (χ1v) is 4.88. The van der Waals surface area contributed by atoms with E-state index in [4.69, 9.17) is 5.11 Å². The SMILES string of the molecule is CC(CCO)NS(=O)(=O)C(F)(F)F. The van der Waals surface area contributed by atoms with Crippen molar-refractivity contribution in [3.63, 3.8) is 0 Å². The van der Waals surface area contributed by atoms with E-state index in [9.17, 15) is 21.6 Å². The van der Waals surface area contributed by atoms with Crippen molar-refractivity contribution in [1.29, 1.82) is 0 Å². The van der Waals surface area contributed by atoms with E-state index in [1.807, 2.05) is 0 Å². The third-order valence-electron chi connectivity index (χ3n) is 1.22. The van der Waals surface area contributed by atoms with Crippen LogP contribution in [0.25, 0.3) is 0 Å². The van der Waals surface area contributed by atoms with Crippen LogP contribution >= 0.6 is 0 Å². The van der Waals surface area contributed by atoms with E-state index >= 15 is 0 Å². The highest BCUT2D eigenvalue weighted by Gasteiger charge is 2.46. The monoisotopic (exact) mass is 221 g/mol. The summed E-state index contributed by atoms with van der Waals surface area (Å²) in [5, 5.41) is 8.32. The number of nitrogens with one attached hydrogen (secondary N) is 1. The average molecular weight is 221 g/mol. The summed E-state index contributed by atoms with van der Waals surface area (Å²) in [7, 11) is -5.28. The summed E-state index contributed by atoms with van der Waals surface area (Å²) in [5.41, 5.74) is -5.29. The maximum atomic E-state index is 11.7. The van der Waals surface area contributed by atoms with Crippen molar-refractivity contribution in [2.45, 2.75) is 24.9 Å². The summed E-state index contributed by atoms with van der Waals surface area (Å²) in [4.78, 5) is 0. The molecule has 8 heteroatoms. The zero-order chi connectivity index (χ0) is 10.7. The molecule has 2 N–H and O–H groups in total. The van der Waals surface area contributed by atoms with Crippen LogP contribution < -0.4 is 4.72 Å². The highest BCUT2D eigenvalue weighted by Crippen LogP contribution is 2.22. The van der Waals surface area contributed by atoms with E-state index in [1.165, 1.54) is 11.6 Å². The molecule has 0 radical (unpaired) electrons. The zero-order valence-corrected chi connectivity index (χ0v) is 7.61. The Morgan fingerprint density at radius 3 is 2.23 bits per heavy atom. The Morgan fingerprint density at radius 1 is 1.46 bits per heavy atom. The summed E-state index contributed by atoms with van der Waals surface area (Å²) in [6.45, 7) is 0.862. The van der Waals surface area contributed by atoms with Crippen LogP contribution in [0, 0.1) is 0 Å². The minimum absolute atomic E-state index is 0.0602. The molecule has 1 unspecified atom stereocenters. The molecule has 0 spiro atoms. The van der Waals surface area contributed by atoms with Gasteiger partial charge in [0.1, 0.15) is 0 Å². The fraction of sp³-hybridized carbons (Fsp3) is 1.00. The maximum absolute atomic E-state index is 11.7. The summed E-state index contributed by atoms with van der Waals surface area (Å²) in [6.07, 6.45) is -0.0602. The Balaban J connectivity index is 4.36. The Hall–Kier alpha value is -0.340.